The molecule has 3 amide bonds. The van der Waals surface area contributed by atoms with Crippen LogP contribution in [0.4, 0.5) is 4.79 Å². The molecule has 0 bridgehead atoms. The predicted molar refractivity (Wildman–Crippen MR) is 109 cm³/mol. The average Bonchev–Trinajstić information content (AvgIpc) is 3.11. The third-order valence-corrected chi connectivity index (χ3v) is 7.60. The number of rotatable bonds is 5. The Hall–Kier alpha value is -1.55. The van der Waals surface area contributed by atoms with E-state index < -0.39 is 26.9 Å². The van der Waals surface area contributed by atoms with Crippen LogP contribution in [0.5, 0.6) is 0 Å². The second-order valence-corrected chi connectivity index (χ2v) is 10.5. The van der Waals surface area contributed by atoms with Gasteiger partial charge < -0.3 is 5.32 Å². The number of amides is 3. The standard InChI is InChI=1S/C17H16Cl2N2O5S2/c18-12-2-1-10(13(19)8-12)7-14-16(23)21(17(24)27-14)5-4-20-15(22)11-3-6-28(25,26)9-11/h1-2,7-8,11H,3-6,9H2,(H,20,22)/b14-7-. The van der Waals surface area contributed by atoms with Gasteiger partial charge in [0.2, 0.25) is 5.91 Å². The maximum absolute atomic E-state index is 12.5. The van der Waals surface area contributed by atoms with Crippen LogP contribution in [0.15, 0.2) is 23.1 Å². The van der Waals surface area contributed by atoms with Gasteiger partial charge >= 0.3 is 0 Å². The van der Waals surface area contributed by atoms with E-state index in [1.165, 1.54) is 12.1 Å². The number of carbonyl (C=O) groups is 3. The summed E-state index contributed by atoms with van der Waals surface area (Å²) >= 11 is 12.7. The molecule has 1 aromatic carbocycles. The summed E-state index contributed by atoms with van der Waals surface area (Å²) in [5.41, 5.74) is 0.562. The zero-order valence-electron chi connectivity index (χ0n) is 14.5. The van der Waals surface area contributed by atoms with Crippen molar-refractivity contribution in [3.8, 4) is 0 Å². The Morgan fingerprint density at radius 3 is 2.71 bits per heavy atom. The Balaban J connectivity index is 1.58. The largest absolute Gasteiger partial charge is 0.354 e. The summed E-state index contributed by atoms with van der Waals surface area (Å²) in [5.74, 6) is -1.58. The fraction of sp³-hybridized carbons (Fsp3) is 0.353. The second-order valence-electron chi connectivity index (χ2n) is 6.39. The van der Waals surface area contributed by atoms with Crippen molar-refractivity contribution in [2.24, 2.45) is 5.92 Å². The molecule has 2 fully saturated rings. The van der Waals surface area contributed by atoms with E-state index in [2.05, 4.69) is 5.32 Å². The monoisotopic (exact) mass is 462 g/mol. The summed E-state index contributed by atoms with van der Waals surface area (Å²) < 4.78 is 22.9. The Bertz CT molecular complexity index is 978. The molecule has 0 spiro atoms. The number of hydrogen-bond acceptors (Lipinski definition) is 6. The first kappa shape index (κ1) is 21.2. The summed E-state index contributed by atoms with van der Waals surface area (Å²) in [5, 5.41) is 2.97. The predicted octanol–water partition coefficient (Wildman–Crippen LogP) is 2.58. The number of carbonyl (C=O) groups excluding carboxylic acids is 3. The minimum atomic E-state index is -3.15. The normalized spacial score (nSPS) is 22.9. The van der Waals surface area contributed by atoms with Gasteiger partial charge in [-0.1, -0.05) is 29.3 Å². The van der Waals surface area contributed by atoms with Crippen LogP contribution in [0.3, 0.4) is 0 Å². The van der Waals surface area contributed by atoms with Crippen LogP contribution in [-0.2, 0) is 19.4 Å². The molecule has 1 unspecified atom stereocenters. The highest BCUT2D eigenvalue weighted by atomic mass is 35.5. The second kappa shape index (κ2) is 8.44. The molecule has 2 heterocycles. The fourth-order valence-corrected chi connectivity index (χ4v) is 5.95. The Morgan fingerprint density at radius 2 is 2.07 bits per heavy atom. The van der Waals surface area contributed by atoms with Crippen molar-refractivity contribution in [2.45, 2.75) is 6.42 Å². The van der Waals surface area contributed by atoms with Gasteiger partial charge in [0, 0.05) is 23.1 Å². The van der Waals surface area contributed by atoms with Crippen molar-refractivity contribution in [1.29, 1.82) is 0 Å². The lowest BCUT2D eigenvalue weighted by Gasteiger charge is -2.14. The molecule has 0 aromatic heterocycles. The number of sulfone groups is 1. The van der Waals surface area contributed by atoms with E-state index in [1.54, 1.807) is 12.1 Å². The maximum Gasteiger partial charge on any atom is 0.293 e. The Morgan fingerprint density at radius 1 is 1.32 bits per heavy atom. The SMILES string of the molecule is O=C(NCCN1C(=O)S/C(=C\c2ccc(Cl)cc2Cl)C1=O)C1CCS(=O)(=O)C1. The lowest BCUT2D eigenvalue weighted by Crippen LogP contribution is -2.39. The van der Waals surface area contributed by atoms with Gasteiger partial charge in [-0.05, 0) is 42.0 Å². The zero-order valence-corrected chi connectivity index (χ0v) is 17.6. The number of imide groups is 1. The van der Waals surface area contributed by atoms with E-state index in [0.717, 1.165) is 16.7 Å². The molecule has 7 nitrogen and oxygen atoms in total. The van der Waals surface area contributed by atoms with Crippen LogP contribution in [0.2, 0.25) is 10.0 Å². The summed E-state index contributed by atoms with van der Waals surface area (Å²) in [7, 11) is -3.15. The molecule has 28 heavy (non-hydrogen) atoms. The van der Waals surface area contributed by atoms with Crippen LogP contribution < -0.4 is 5.32 Å². The minimum absolute atomic E-state index is 0.00155. The first-order valence-corrected chi connectivity index (χ1v) is 11.7. The summed E-state index contributed by atoms with van der Waals surface area (Å²) in [4.78, 5) is 37.9. The minimum Gasteiger partial charge on any atom is -0.354 e. The summed E-state index contributed by atoms with van der Waals surface area (Å²) in [6.45, 7) is 0.0595. The van der Waals surface area contributed by atoms with Crippen molar-refractivity contribution in [2.75, 3.05) is 24.6 Å². The molecule has 2 saturated heterocycles. The topological polar surface area (TPSA) is 101 Å². The average molecular weight is 463 g/mol. The van der Waals surface area contributed by atoms with E-state index in [4.69, 9.17) is 23.2 Å². The molecule has 150 valence electrons. The number of halogens is 2. The van der Waals surface area contributed by atoms with E-state index in [-0.39, 0.29) is 35.4 Å². The fourth-order valence-electron chi connectivity index (χ4n) is 2.89. The van der Waals surface area contributed by atoms with Crippen molar-refractivity contribution in [3.63, 3.8) is 0 Å². The molecule has 0 aliphatic carbocycles. The van der Waals surface area contributed by atoms with Gasteiger partial charge in [-0.25, -0.2) is 8.42 Å². The quantitative estimate of drug-likeness (QED) is 0.674. The summed E-state index contributed by atoms with van der Waals surface area (Å²) in [6, 6.07) is 4.81. The summed E-state index contributed by atoms with van der Waals surface area (Å²) in [6.07, 6.45) is 1.81. The van der Waals surface area contributed by atoms with Gasteiger partial charge in [-0.3, -0.25) is 19.3 Å². The lowest BCUT2D eigenvalue weighted by molar-refractivity contribution is -0.125. The van der Waals surface area contributed by atoms with Crippen molar-refractivity contribution < 1.29 is 22.8 Å². The highest BCUT2D eigenvalue weighted by Gasteiger charge is 2.36. The first-order valence-electron chi connectivity index (χ1n) is 8.35. The molecule has 11 heteroatoms. The van der Waals surface area contributed by atoms with Gasteiger partial charge in [0.1, 0.15) is 0 Å². The van der Waals surface area contributed by atoms with Crippen LogP contribution in [0.1, 0.15) is 12.0 Å². The zero-order chi connectivity index (χ0) is 20.5. The third-order valence-electron chi connectivity index (χ3n) is 4.36. The number of nitrogens with one attached hydrogen (secondary N) is 1. The number of hydrogen-bond donors (Lipinski definition) is 1. The highest BCUT2D eigenvalue weighted by molar-refractivity contribution is 8.18. The highest BCUT2D eigenvalue weighted by Crippen LogP contribution is 2.33. The van der Waals surface area contributed by atoms with E-state index >= 15 is 0 Å². The van der Waals surface area contributed by atoms with Gasteiger partial charge in [0.15, 0.2) is 9.84 Å². The number of benzene rings is 1. The van der Waals surface area contributed by atoms with Gasteiger partial charge in [-0.2, -0.15) is 0 Å². The van der Waals surface area contributed by atoms with Crippen molar-refractivity contribution in [1.82, 2.24) is 10.2 Å². The molecule has 2 aliphatic heterocycles. The molecule has 3 rings (SSSR count). The van der Waals surface area contributed by atoms with Crippen LogP contribution >= 0.6 is 35.0 Å². The van der Waals surface area contributed by atoms with E-state index in [9.17, 15) is 22.8 Å². The lowest BCUT2D eigenvalue weighted by atomic mass is 10.1. The Kier molecular flexibility index (Phi) is 6.38. The molecule has 1 atom stereocenters. The van der Waals surface area contributed by atoms with Gasteiger partial charge in [-0.15, -0.1) is 0 Å². The number of nitrogens with zero attached hydrogens (tertiary/aromatic N) is 1. The first-order chi connectivity index (χ1) is 13.2. The Labute approximate surface area is 176 Å². The smallest absolute Gasteiger partial charge is 0.293 e. The molecular weight excluding hydrogens is 447 g/mol. The molecule has 2 aliphatic rings. The molecule has 0 radical (unpaired) electrons. The van der Waals surface area contributed by atoms with Crippen LogP contribution in [0, 0.1) is 5.92 Å². The molecule has 1 N–H and O–H groups in total. The van der Waals surface area contributed by atoms with E-state index in [0.29, 0.717) is 22.0 Å². The number of thioether (sulfide) groups is 1. The van der Waals surface area contributed by atoms with Gasteiger partial charge in [0.25, 0.3) is 11.1 Å². The van der Waals surface area contributed by atoms with E-state index in [1.807, 2.05) is 0 Å². The maximum atomic E-state index is 12.5. The van der Waals surface area contributed by atoms with Crippen molar-refractivity contribution in [3.05, 3.63) is 38.7 Å². The van der Waals surface area contributed by atoms with Gasteiger partial charge in [0.05, 0.1) is 22.3 Å². The molecular formula is C17H16Cl2N2O5S2. The third kappa shape index (κ3) is 4.89. The van der Waals surface area contributed by atoms with Crippen LogP contribution in [-0.4, -0.2) is 55.0 Å². The van der Waals surface area contributed by atoms with Crippen LogP contribution in [0.25, 0.3) is 6.08 Å². The molecule has 1 aromatic rings. The van der Waals surface area contributed by atoms with Crippen molar-refractivity contribution >= 4 is 67.9 Å². The molecule has 0 saturated carbocycles.